The Labute approximate surface area is 392 Å². The largest absolute Gasteiger partial charge is 0.508 e. The summed E-state index contributed by atoms with van der Waals surface area (Å²) in [4.78, 5) is 5.11. The summed E-state index contributed by atoms with van der Waals surface area (Å²) in [6, 6.07) is 20.9. The highest BCUT2D eigenvalue weighted by atomic mass is 28.5. The third-order valence-electron chi connectivity index (χ3n) is 8.69. The second-order valence-corrected chi connectivity index (χ2v) is 53.7. The number of aromatic hydroxyl groups is 3. The molecular formula is C37H70O19Si9. The van der Waals surface area contributed by atoms with Crippen LogP contribution in [0.15, 0.2) is 72.8 Å². The summed E-state index contributed by atoms with van der Waals surface area (Å²) < 4.78 is 54.6. The van der Waals surface area contributed by atoms with Crippen LogP contribution in [-0.2, 0) is 73.5 Å². The molecule has 0 amide bonds. The second-order valence-electron chi connectivity index (χ2n) is 19.5. The maximum atomic E-state index is 10.3. The fraction of sp³-hybridized carbons (Fsp3) is 0.514. The molecule has 3 N–H and O–H groups in total. The van der Waals surface area contributed by atoms with Crippen LogP contribution in [0.1, 0.15) is 0 Å². The molecule has 3 atom stereocenters. The molecule has 0 radical (unpaired) electrons. The zero-order valence-electron chi connectivity index (χ0n) is 40.7. The van der Waals surface area contributed by atoms with E-state index in [-0.39, 0.29) is 23.9 Å². The van der Waals surface area contributed by atoms with E-state index >= 15 is 0 Å². The predicted molar refractivity (Wildman–Crippen MR) is 262 cm³/mol. The van der Waals surface area contributed by atoms with Gasteiger partial charge in [-0.05, 0) is 205 Å². The number of phenolic OH excluding ortho intramolecular Hbond substituents is 3. The van der Waals surface area contributed by atoms with Gasteiger partial charge in [0.1, 0.15) is 17.2 Å². The predicted octanol–water partition coefficient (Wildman–Crippen LogP) is 7.61. The quantitative estimate of drug-likeness (QED) is 0.0265. The van der Waals surface area contributed by atoms with Crippen molar-refractivity contribution in [1.82, 2.24) is 0 Å². The van der Waals surface area contributed by atoms with Crippen LogP contribution in [0.3, 0.4) is 0 Å². The number of rotatable bonds is 29. The molecule has 0 saturated heterocycles. The summed E-state index contributed by atoms with van der Waals surface area (Å²) >= 11 is 0. The lowest BCUT2D eigenvalue weighted by Crippen LogP contribution is -2.69. The molecule has 0 spiro atoms. The lowest BCUT2D eigenvalue weighted by molar-refractivity contribution is -0.827. The molecule has 0 fully saturated rings. The van der Waals surface area contributed by atoms with E-state index < -0.39 is 76.3 Å². The zero-order chi connectivity index (χ0) is 49.2. The molecule has 0 saturated carbocycles. The zero-order valence-corrected chi connectivity index (χ0v) is 49.7. The van der Waals surface area contributed by atoms with Gasteiger partial charge < -0.3 is 44.1 Å². The lowest BCUT2D eigenvalue weighted by Gasteiger charge is -2.46. The lowest BCUT2D eigenvalue weighted by atomic mass is 10.3. The van der Waals surface area contributed by atoms with Gasteiger partial charge in [-0.1, -0.05) is 36.4 Å². The molecule has 0 aromatic heterocycles. The first-order valence-electron chi connectivity index (χ1n) is 20.9. The van der Waals surface area contributed by atoms with Crippen molar-refractivity contribution in [3.63, 3.8) is 0 Å². The van der Waals surface area contributed by atoms with Crippen LogP contribution >= 0.6 is 0 Å². The van der Waals surface area contributed by atoms with Crippen molar-refractivity contribution in [2.24, 2.45) is 0 Å². The van der Waals surface area contributed by atoms with Crippen molar-refractivity contribution in [3.8, 4) is 17.2 Å². The van der Waals surface area contributed by atoms with Crippen LogP contribution < -0.4 is 15.6 Å². The minimum atomic E-state index is -3.54. The number of hydrogen-bond donors (Lipinski definition) is 3. The molecule has 0 bridgehead atoms. The van der Waals surface area contributed by atoms with Gasteiger partial charge in [-0.15, -0.1) is 0 Å². The fourth-order valence-electron chi connectivity index (χ4n) is 6.95. The van der Waals surface area contributed by atoms with Crippen molar-refractivity contribution in [1.29, 1.82) is 0 Å². The van der Waals surface area contributed by atoms with E-state index in [4.69, 9.17) is 38.3 Å². The summed E-state index contributed by atoms with van der Waals surface area (Å²) in [7, 11) is -26.3. The summed E-state index contributed by atoms with van der Waals surface area (Å²) in [5.41, 5.74) is 0. The Kier molecular flexibility index (Phi) is 20.7. The van der Waals surface area contributed by atoms with Crippen LogP contribution in [0.4, 0.5) is 0 Å². The monoisotopic (exact) mass is 1070 g/mol. The first-order chi connectivity index (χ1) is 29.7. The van der Waals surface area contributed by atoms with Crippen LogP contribution in [0.25, 0.3) is 0 Å². The van der Waals surface area contributed by atoms with E-state index in [1.54, 1.807) is 60.7 Å². The number of hydrogen-bond acceptors (Lipinski definition) is 19. The van der Waals surface area contributed by atoms with Gasteiger partial charge in [0.25, 0.3) is 0 Å². The summed E-state index contributed by atoms with van der Waals surface area (Å²) in [5, 5.41) is 62.9. The Bertz CT molecular complexity index is 1900. The topological polar surface area (TPSA) is 208 Å². The summed E-state index contributed by atoms with van der Waals surface area (Å²) in [6.07, 6.45) is 0. The molecule has 3 aromatic rings. The highest BCUT2D eigenvalue weighted by molar-refractivity contribution is 6.99. The highest BCUT2D eigenvalue weighted by Gasteiger charge is 2.54. The Morgan fingerprint density at radius 3 is 0.954 bits per heavy atom. The molecule has 0 aliphatic carbocycles. The van der Waals surface area contributed by atoms with Crippen LogP contribution in [0.5, 0.6) is 17.2 Å². The van der Waals surface area contributed by atoms with Crippen LogP contribution in [-0.4, -0.2) is 98.2 Å². The maximum Gasteiger partial charge on any atom is 0.351 e. The number of phenols is 3. The molecule has 0 aliphatic rings. The molecule has 3 unspecified atom stereocenters. The number of benzene rings is 3. The van der Waals surface area contributed by atoms with Gasteiger partial charge in [0, 0.05) is 0 Å². The molecule has 28 heteroatoms. The highest BCUT2D eigenvalue weighted by Crippen LogP contribution is 2.31. The maximum absolute atomic E-state index is 10.3. The van der Waals surface area contributed by atoms with Crippen LogP contribution in [0.2, 0.25) is 117 Å². The van der Waals surface area contributed by atoms with Gasteiger partial charge >= 0.3 is 51.4 Å². The molecule has 19 nitrogen and oxygen atoms in total. The van der Waals surface area contributed by atoms with Gasteiger partial charge in [0.2, 0.25) is 8.32 Å². The molecule has 0 heterocycles. The second kappa shape index (κ2) is 23.3. The van der Waals surface area contributed by atoms with E-state index in [1.165, 1.54) is 0 Å². The van der Waals surface area contributed by atoms with Gasteiger partial charge in [0.15, 0.2) is 16.6 Å². The SMILES string of the molecule is C[Si](C)(C)OOOOOOOOOCC[Si](C)(C)O[Si](C)(O[Si](C)(C)O[Si](C)(O[Si](C)(C)O[Si](C)(O[Si](C)(C)O[Si](C)(C)C)c1ccc(O)cc1)c1ccc(O)cc1)c1ccc(O)cc1. The third kappa shape index (κ3) is 20.9. The normalized spacial score (nSPS) is 16.2. The molecule has 3 rings (SSSR count). The standard InChI is InChI=1S/C37H70O19Si9/c1-57(2,3)49-48-47-46-45-44-43-42-41-30-31-59(7,8)51-63(15,35-24-18-32(38)19-25-35)53-61(11,12)54-65(17,37-28-22-34(40)23-29-37)56-62(13,14)55-64(16,36-26-20-33(39)21-27-36)52-60(9,10)50-58(4,5)6/h18-29,38-40H,30-31H2,1-17H3. The smallest absolute Gasteiger partial charge is 0.351 e. The fourth-order valence-corrected chi connectivity index (χ4v) is 45.4. The summed E-state index contributed by atoms with van der Waals surface area (Å²) in [6.45, 7) is 33.7. The molecule has 3 aromatic carbocycles. The molecule has 0 aliphatic heterocycles. The van der Waals surface area contributed by atoms with E-state index in [0.29, 0.717) is 6.04 Å². The van der Waals surface area contributed by atoms with Gasteiger partial charge in [-0.3, -0.25) is 4.58 Å². The molecule has 368 valence electrons. The third-order valence-corrected chi connectivity index (χ3v) is 40.6. The van der Waals surface area contributed by atoms with Crippen molar-refractivity contribution >= 4 is 91.9 Å². The van der Waals surface area contributed by atoms with Gasteiger partial charge in [-0.2, -0.15) is 0 Å². The van der Waals surface area contributed by atoms with E-state index in [0.717, 1.165) is 15.6 Å². The van der Waals surface area contributed by atoms with Crippen molar-refractivity contribution in [2.45, 2.75) is 117 Å². The van der Waals surface area contributed by atoms with Gasteiger partial charge in [0.05, 0.1) is 6.61 Å². The Morgan fingerprint density at radius 1 is 0.338 bits per heavy atom. The minimum Gasteiger partial charge on any atom is -0.508 e. The van der Waals surface area contributed by atoms with Crippen LogP contribution in [0, 0.1) is 0 Å². The average Bonchev–Trinajstić information content (AvgIpc) is 3.11. The van der Waals surface area contributed by atoms with E-state index in [2.05, 4.69) is 54.9 Å². The molecular weight excluding hydrogens is 1000 g/mol. The Morgan fingerprint density at radius 2 is 0.631 bits per heavy atom. The first kappa shape index (κ1) is 57.7. The van der Waals surface area contributed by atoms with Crippen molar-refractivity contribution < 1.29 is 88.9 Å². The average molecular weight is 1070 g/mol. The van der Waals surface area contributed by atoms with E-state index in [9.17, 15) is 15.3 Å². The van der Waals surface area contributed by atoms with Crippen molar-refractivity contribution in [2.75, 3.05) is 6.61 Å². The van der Waals surface area contributed by atoms with E-state index in [1.807, 2.05) is 104 Å². The molecule has 65 heavy (non-hydrogen) atoms. The summed E-state index contributed by atoms with van der Waals surface area (Å²) in [5.74, 6) is 0.308. The van der Waals surface area contributed by atoms with Gasteiger partial charge in [-0.25, -0.2) is 4.89 Å². The minimum absolute atomic E-state index is 0.0316. The van der Waals surface area contributed by atoms with Crippen molar-refractivity contribution in [3.05, 3.63) is 72.8 Å². The Balaban J connectivity index is 1.88. The Hall–Kier alpha value is -1.63. The first-order valence-corrected chi connectivity index (χ1v) is 46.3.